The number of aryl methyl sites for hydroxylation is 1. The molecule has 0 aliphatic carbocycles. The van der Waals surface area contributed by atoms with Gasteiger partial charge in [-0.05, 0) is 54.7 Å². The Morgan fingerprint density at radius 2 is 2.06 bits per heavy atom. The summed E-state index contributed by atoms with van der Waals surface area (Å²) in [5.41, 5.74) is 12.8. The van der Waals surface area contributed by atoms with E-state index in [9.17, 15) is 9.50 Å². The number of benzene rings is 1. The van der Waals surface area contributed by atoms with Crippen LogP contribution < -0.4 is 16.2 Å². The summed E-state index contributed by atoms with van der Waals surface area (Å²) < 4.78 is 26.4. The molecule has 0 saturated carbocycles. The van der Waals surface area contributed by atoms with Crippen molar-refractivity contribution >= 4 is 16.9 Å². The Morgan fingerprint density at radius 1 is 1.26 bits per heavy atom. The van der Waals surface area contributed by atoms with Crippen molar-refractivity contribution in [2.45, 2.75) is 39.0 Å². The van der Waals surface area contributed by atoms with Crippen molar-refractivity contribution in [2.75, 3.05) is 12.3 Å². The molecular formula is C23H24FN7O3. The van der Waals surface area contributed by atoms with E-state index in [0.29, 0.717) is 29.0 Å². The second-order valence-electron chi connectivity index (χ2n) is 8.06. The number of pyridine rings is 1. The highest BCUT2D eigenvalue weighted by Crippen LogP contribution is 2.31. The maximum Gasteiger partial charge on any atom is 0.217 e. The number of hydrogen-bond donors (Lipinski definition) is 3. The zero-order chi connectivity index (χ0) is 24.5. The van der Waals surface area contributed by atoms with Crippen LogP contribution in [0.25, 0.3) is 22.6 Å². The lowest BCUT2D eigenvalue weighted by Gasteiger charge is -2.17. The number of nitrogens with zero attached hydrogens (tertiary/aromatic N) is 5. The van der Waals surface area contributed by atoms with Gasteiger partial charge in [-0.25, -0.2) is 19.0 Å². The van der Waals surface area contributed by atoms with Crippen molar-refractivity contribution in [1.82, 2.24) is 24.8 Å². The van der Waals surface area contributed by atoms with Crippen molar-refractivity contribution in [3.05, 3.63) is 47.4 Å². The lowest BCUT2D eigenvalue weighted by molar-refractivity contribution is 0.143. The van der Waals surface area contributed by atoms with E-state index in [0.717, 1.165) is 0 Å². The van der Waals surface area contributed by atoms with Crippen LogP contribution in [0.3, 0.4) is 0 Å². The SMILES string of the molecule is CCn1c(-c2nonc2N)nc2c(C#CC(C)(C)O)nc(OC(CN)c3cccc(F)c3)cc21. The summed E-state index contributed by atoms with van der Waals surface area (Å²) in [4.78, 5) is 9.15. The Kier molecular flexibility index (Phi) is 6.19. The number of aliphatic hydroxyl groups is 1. The summed E-state index contributed by atoms with van der Waals surface area (Å²) >= 11 is 0. The lowest BCUT2D eigenvalue weighted by Crippen LogP contribution is -2.19. The second kappa shape index (κ2) is 9.09. The third-order valence-electron chi connectivity index (χ3n) is 4.94. The van der Waals surface area contributed by atoms with E-state index >= 15 is 0 Å². The molecule has 11 heteroatoms. The Balaban J connectivity index is 1.89. The van der Waals surface area contributed by atoms with Gasteiger partial charge in [-0.3, -0.25) is 0 Å². The Hall–Kier alpha value is -4.01. The van der Waals surface area contributed by atoms with Gasteiger partial charge >= 0.3 is 0 Å². The number of fused-ring (bicyclic) bond motifs is 1. The van der Waals surface area contributed by atoms with E-state index in [-0.39, 0.29) is 29.6 Å². The molecule has 3 heterocycles. The third-order valence-corrected chi connectivity index (χ3v) is 4.94. The fourth-order valence-corrected chi connectivity index (χ4v) is 3.41. The van der Waals surface area contributed by atoms with Crippen molar-refractivity contribution in [1.29, 1.82) is 0 Å². The van der Waals surface area contributed by atoms with E-state index in [4.69, 9.17) is 20.8 Å². The summed E-state index contributed by atoms with van der Waals surface area (Å²) in [5.74, 6) is 5.95. The van der Waals surface area contributed by atoms with Crippen molar-refractivity contribution in [3.8, 4) is 29.2 Å². The first-order valence-corrected chi connectivity index (χ1v) is 10.6. The van der Waals surface area contributed by atoms with Gasteiger partial charge in [0.1, 0.15) is 28.7 Å². The van der Waals surface area contributed by atoms with Crippen molar-refractivity contribution in [2.24, 2.45) is 5.73 Å². The molecule has 34 heavy (non-hydrogen) atoms. The van der Waals surface area contributed by atoms with Crippen LogP contribution in [0.2, 0.25) is 0 Å². The summed E-state index contributed by atoms with van der Waals surface area (Å²) in [6, 6.07) is 7.71. The summed E-state index contributed by atoms with van der Waals surface area (Å²) in [6.07, 6.45) is -0.649. The van der Waals surface area contributed by atoms with Gasteiger partial charge in [-0.1, -0.05) is 18.1 Å². The molecule has 1 atom stereocenters. The smallest absolute Gasteiger partial charge is 0.217 e. The Labute approximate surface area is 194 Å². The first-order valence-electron chi connectivity index (χ1n) is 10.6. The number of halogens is 1. The number of ether oxygens (including phenoxy) is 1. The molecule has 0 aliphatic heterocycles. The molecule has 10 nitrogen and oxygen atoms in total. The minimum atomic E-state index is -1.26. The standard InChI is InChI=1S/C23H24FN7O3/c1-4-31-16-11-18(33-17(12-25)13-6-5-7-14(24)10-13)27-15(8-9-23(2,3)32)19(16)28-22(31)20-21(26)30-34-29-20/h5-7,10-11,17,32H,4,12,25H2,1-3H3,(H2,26,30). The molecule has 0 aliphatic rings. The largest absolute Gasteiger partial charge is 0.468 e. The fourth-order valence-electron chi connectivity index (χ4n) is 3.41. The van der Waals surface area contributed by atoms with Crippen LogP contribution in [0, 0.1) is 17.7 Å². The Morgan fingerprint density at radius 3 is 2.68 bits per heavy atom. The predicted molar refractivity (Wildman–Crippen MR) is 123 cm³/mol. The zero-order valence-electron chi connectivity index (χ0n) is 18.9. The summed E-state index contributed by atoms with van der Waals surface area (Å²) in [5, 5.41) is 17.6. The summed E-state index contributed by atoms with van der Waals surface area (Å²) in [7, 11) is 0. The van der Waals surface area contributed by atoms with Gasteiger partial charge in [0.25, 0.3) is 0 Å². The quantitative estimate of drug-likeness (QED) is 0.365. The molecule has 0 spiro atoms. The second-order valence-corrected chi connectivity index (χ2v) is 8.06. The fraction of sp³-hybridized carbons (Fsp3) is 0.304. The Bertz CT molecular complexity index is 1400. The number of anilines is 1. The molecule has 5 N–H and O–H groups in total. The van der Waals surface area contributed by atoms with Crippen molar-refractivity contribution in [3.63, 3.8) is 0 Å². The van der Waals surface area contributed by atoms with E-state index in [1.54, 1.807) is 32.0 Å². The number of nitrogen functional groups attached to an aromatic ring is 1. The monoisotopic (exact) mass is 465 g/mol. The maximum absolute atomic E-state index is 13.8. The molecular weight excluding hydrogens is 441 g/mol. The molecule has 0 fully saturated rings. The van der Waals surface area contributed by atoms with Gasteiger partial charge < -0.3 is 25.9 Å². The van der Waals surface area contributed by atoms with Crippen LogP contribution in [0.4, 0.5) is 10.2 Å². The molecule has 0 radical (unpaired) electrons. The van der Waals surface area contributed by atoms with E-state index < -0.39 is 17.5 Å². The zero-order valence-corrected chi connectivity index (χ0v) is 18.9. The average Bonchev–Trinajstić information content (AvgIpc) is 3.37. The molecule has 1 aromatic carbocycles. The van der Waals surface area contributed by atoms with E-state index in [1.165, 1.54) is 12.1 Å². The van der Waals surface area contributed by atoms with Gasteiger partial charge in [0, 0.05) is 19.2 Å². The van der Waals surface area contributed by atoms with E-state index in [1.807, 2.05) is 11.5 Å². The van der Waals surface area contributed by atoms with Crippen LogP contribution >= 0.6 is 0 Å². The van der Waals surface area contributed by atoms with Crippen LogP contribution in [-0.2, 0) is 6.54 Å². The normalized spacial score (nSPS) is 12.4. The lowest BCUT2D eigenvalue weighted by atomic mass is 10.1. The topological polar surface area (TPSA) is 151 Å². The van der Waals surface area contributed by atoms with Crippen LogP contribution in [0.1, 0.15) is 38.1 Å². The molecule has 0 amide bonds. The minimum absolute atomic E-state index is 0.0906. The molecule has 1 unspecified atom stereocenters. The maximum atomic E-state index is 13.8. The van der Waals surface area contributed by atoms with Gasteiger partial charge in [-0.15, -0.1) is 0 Å². The first kappa shape index (κ1) is 23.2. The number of hydrogen-bond acceptors (Lipinski definition) is 9. The number of rotatable bonds is 6. The van der Waals surface area contributed by atoms with Crippen LogP contribution in [0.15, 0.2) is 35.0 Å². The minimum Gasteiger partial charge on any atom is -0.468 e. The molecule has 3 aromatic heterocycles. The average molecular weight is 465 g/mol. The predicted octanol–water partition coefficient (Wildman–Crippen LogP) is 2.42. The van der Waals surface area contributed by atoms with E-state index in [2.05, 4.69) is 32.1 Å². The molecule has 0 saturated heterocycles. The number of imidazole rings is 1. The van der Waals surface area contributed by atoms with Gasteiger partial charge in [-0.2, -0.15) is 0 Å². The molecule has 0 bridgehead atoms. The third kappa shape index (κ3) is 4.68. The van der Waals surface area contributed by atoms with Gasteiger partial charge in [0.2, 0.25) is 5.88 Å². The van der Waals surface area contributed by atoms with Crippen LogP contribution in [0.5, 0.6) is 5.88 Å². The van der Waals surface area contributed by atoms with Crippen LogP contribution in [-0.4, -0.2) is 42.1 Å². The van der Waals surface area contributed by atoms with Gasteiger partial charge in [0.05, 0.1) is 5.52 Å². The highest BCUT2D eigenvalue weighted by atomic mass is 19.1. The molecule has 4 aromatic rings. The first-order chi connectivity index (χ1) is 16.2. The molecule has 176 valence electrons. The van der Waals surface area contributed by atoms with Crippen molar-refractivity contribution < 1.29 is 18.9 Å². The molecule has 4 rings (SSSR count). The highest BCUT2D eigenvalue weighted by molar-refractivity contribution is 5.86. The van der Waals surface area contributed by atoms with Gasteiger partial charge in [0.15, 0.2) is 17.3 Å². The summed E-state index contributed by atoms with van der Waals surface area (Å²) in [6.45, 7) is 5.64. The number of nitrogens with two attached hydrogens (primary N) is 2. The highest BCUT2D eigenvalue weighted by Gasteiger charge is 2.23. The number of aromatic nitrogens is 5.